The number of benzene rings is 2. The van der Waals surface area contributed by atoms with Crippen molar-refractivity contribution in [3.8, 4) is 39.5 Å². The number of hydrogen-bond donors (Lipinski definition) is 4. The molecule has 17 heteroatoms. The van der Waals surface area contributed by atoms with Gasteiger partial charge in [-0.3, -0.25) is 9.59 Å². The van der Waals surface area contributed by atoms with Crippen LogP contribution in [-0.4, -0.2) is 97.7 Å². The number of ether oxygens (including phenoxy) is 3. The van der Waals surface area contributed by atoms with Gasteiger partial charge in [0, 0.05) is 41.1 Å². The first-order chi connectivity index (χ1) is 30.2. The number of carbonyl (C=O) groups is 4. The lowest BCUT2D eigenvalue weighted by Crippen LogP contribution is -2.51. The summed E-state index contributed by atoms with van der Waals surface area (Å²) < 4.78 is 18.6. The molecule has 8 rings (SSSR count). The topological polar surface area (TPSA) is 189 Å². The second-order valence-corrected chi connectivity index (χ2v) is 18.1. The first kappa shape index (κ1) is 43.6. The molecular formula is C46H56ClN9O7. The molecule has 0 bridgehead atoms. The maximum atomic E-state index is 13.7. The summed E-state index contributed by atoms with van der Waals surface area (Å²) >= 11 is 7.38. The molecule has 3 aromatic heterocycles. The van der Waals surface area contributed by atoms with Gasteiger partial charge in [-0.2, -0.15) is 0 Å². The number of likely N-dealkylation sites (tertiary alicyclic amines) is 2. The fraction of sp³-hybridized carbons (Fsp3) is 0.478. The molecule has 2 aromatic carbocycles. The highest BCUT2D eigenvalue weighted by atomic mass is 35.5. The average Bonchev–Trinajstić information content (AvgIpc) is 4.13. The van der Waals surface area contributed by atoms with E-state index in [2.05, 4.69) is 51.1 Å². The fourth-order valence-corrected chi connectivity index (χ4v) is 9.59. The molecule has 0 saturated carbocycles. The number of fused-ring (bicyclic) bond motifs is 5. The van der Waals surface area contributed by atoms with Crippen LogP contribution in [0, 0.1) is 17.8 Å². The zero-order chi connectivity index (χ0) is 44.9. The zero-order valence-corrected chi connectivity index (χ0v) is 37.7. The summed E-state index contributed by atoms with van der Waals surface area (Å²) in [5, 5.41) is 6.89. The zero-order valence-electron chi connectivity index (χ0n) is 37.0. The molecular weight excluding hydrogens is 826 g/mol. The van der Waals surface area contributed by atoms with Gasteiger partial charge in [-0.25, -0.2) is 19.6 Å². The van der Waals surface area contributed by atoms with Crippen molar-refractivity contribution >= 4 is 46.5 Å². The molecule has 2 saturated heterocycles. The lowest BCUT2D eigenvalue weighted by Gasteiger charge is -2.32. The molecule has 0 radical (unpaired) electrons. The summed E-state index contributed by atoms with van der Waals surface area (Å²) in [6, 6.07) is 10.3. The van der Waals surface area contributed by atoms with E-state index in [1.807, 2.05) is 52.0 Å². The van der Waals surface area contributed by atoms with Crippen molar-refractivity contribution in [1.82, 2.24) is 44.9 Å². The van der Waals surface area contributed by atoms with Crippen molar-refractivity contribution in [2.24, 2.45) is 17.8 Å². The molecule has 3 aliphatic heterocycles. The number of nitrogens with one attached hydrogen (secondary N) is 4. The van der Waals surface area contributed by atoms with E-state index < -0.39 is 24.3 Å². The fourth-order valence-electron chi connectivity index (χ4n) is 9.25. The number of imidazole rings is 2. The Morgan fingerprint density at radius 1 is 0.762 bits per heavy atom. The maximum absolute atomic E-state index is 13.7. The number of amides is 4. The van der Waals surface area contributed by atoms with Crippen molar-refractivity contribution in [2.75, 3.05) is 27.3 Å². The normalized spacial score (nSPS) is 19.3. The Morgan fingerprint density at radius 2 is 1.27 bits per heavy atom. The van der Waals surface area contributed by atoms with Crippen LogP contribution in [0.3, 0.4) is 0 Å². The lowest BCUT2D eigenvalue weighted by atomic mass is 10.0. The summed E-state index contributed by atoms with van der Waals surface area (Å²) in [7, 11) is 2.57. The average molecular weight is 882 g/mol. The Labute approximate surface area is 371 Å². The van der Waals surface area contributed by atoms with Crippen LogP contribution in [0.1, 0.15) is 97.2 Å². The van der Waals surface area contributed by atoms with Crippen LogP contribution in [-0.2, 0) is 19.1 Å². The van der Waals surface area contributed by atoms with E-state index in [4.69, 9.17) is 35.8 Å². The third-order valence-corrected chi connectivity index (χ3v) is 12.9. The van der Waals surface area contributed by atoms with Crippen LogP contribution in [0.2, 0.25) is 5.02 Å². The lowest BCUT2D eigenvalue weighted by molar-refractivity contribution is -0.136. The van der Waals surface area contributed by atoms with Crippen molar-refractivity contribution in [3.63, 3.8) is 0 Å². The minimum absolute atomic E-state index is 0.0882. The number of nitrogens with zero attached hydrogens (tertiary/aromatic N) is 5. The van der Waals surface area contributed by atoms with Gasteiger partial charge < -0.3 is 49.2 Å². The molecule has 0 aliphatic carbocycles. The number of H-pyrrole nitrogens is 2. The number of rotatable bonds is 11. The van der Waals surface area contributed by atoms with Crippen LogP contribution in [0.15, 0.2) is 48.8 Å². The number of carbonyl (C=O) groups excluding carboxylic acids is 4. The van der Waals surface area contributed by atoms with Crippen molar-refractivity contribution in [2.45, 2.75) is 97.6 Å². The van der Waals surface area contributed by atoms with Gasteiger partial charge in [0.15, 0.2) is 6.23 Å². The van der Waals surface area contributed by atoms with Gasteiger partial charge in [-0.05, 0) is 61.8 Å². The standard InChI is InChI=1S/C46H56ClN9O7/c1-23(2)37(52-45(59)61-7)42(57)54-17-9-11-33(54)40-48-21-30(50-40)26-14-16-32-29(19-26)36(47)39-28-15-13-27(20-35(28)63-44(25(5)6)56(32)39)31-22-49-41(51-31)34-12-10-18-55(34)43(58)38(24(3)4)53-46(60)62-8/h13-16,19-25,33-34,37-38,44H,9-12,17-18H2,1-8H3,(H,48,50)(H,49,51)(H,52,59)(H,53,60)/t33-,34-,37-,38-,44?/m0/s1. The molecule has 63 heavy (non-hydrogen) atoms. The van der Waals surface area contributed by atoms with Gasteiger partial charge in [0.2, 0.25) is 11.8 Å². The monoisotopic (exact) mass is 881 g/mol. The van der Waals surface area contributed by atoms with Crippen LogP contribution >= 0.6 is 11.6 Å². The first-order valence-corrected chi connectivity index (χ1v) is 22.1. The van der Waals surface area contributed by atoms with Gasteiger partial charge in [0.05, 0.1) is 66.3 Å². The van der Waals surface area contributed by atoms with Crippen LogP contribution < -0.4 is 15.4 Å². The van der Waals surface area contributed by atoms with Crippen molar-refractivity contribution in [3.05, 3.63) is 65.5 Å². The van der Waals surface area contributed by atoms with Crippen LogP contribution in [0.4, 0.5) is 9.59 Å². The Morgan fingerprint density at radius 3 is 1.76 bits per heavy atom. The minimum Gasteiger partial charge on any atom is -0.469 e. The van der Waals surface area contributed by atoms with E-state index in [1.165, 1.54) is 14.2 Å². The highest BCUT2D eigenvalue weighted by molar-refractivity contribution is 6.38. The van der Waals surface area contributed by atoms with E-state index in [-0.39, 0.29) is 47.9 Å². The van der Waals surface area contributed by atoms with Gasteiger partial charge in [-0.15, -0.1) is 0 Å². The van der Waals surface area contributed by atoms with Gasteiger partial charge in [-0.1, -0.05) is 65.3 Å². The number of aromatic nitrogens is 5. The highest BCUT2D eigenvalue weighted by Gasteiger charge is 2.40. The van der Waals surface area contributed by atoms with E-state index in [0.29, 0.717) is 35.5 Å². The molecule has 334 valence electrons. The van der Waals surface area contributed by atoms with Crippen molar-refractivity contribution < 1.29 is 33.4 Å². The SMILES string of the molecule is COC(=O)N[C@H](C(=O)N1CCC[C@H]1c1ncc(-c2ccc3c(c2)OC(C(C)C)n2c-3c(Cl)c3cc(-c4cnc([C@@H]5CCCN5C(=O)[C@@H](NC(=O)OC)C(C)C)[nH]4)ccc32)[nH]1)C(C)C. The molecule has 0 spiro atoms. The number of alkyl carbamates (subject to hydrolysis) is 2. The molecule has 5 atom stereocenters. The molecule has 16 nitrogen and oxygen atoms in total. The van der Waals surface area contributed by atoms with Crippen LogP contribution in [0.25, 0.3) is 44.7 Å². The second kappa shape index (κ2) is 17.6. The molecule has 2 fully saturated rings. The number of aromatic amines is 2. The third-order valence-electron chi connectivity index (χ3n) is 12.5. The van der Waals surface area contributed by atoms with Gasteiger partial charge >= 0.3 is 12.2 Å². The third kappa shape index (κ3) is 8.09. The number of methoxy groups -OCH3 is 2. The summed E-state index contributed by atoms with van der Waals surface area (Å²) in [5.74, 6) is 1.55. The maximum Gasteiger partial charge on any atom is 0.407 e. The Kier molecular flexibility index (Phi) is 12.2. The van der Waals surface area contributed by atoms with Gasteiger partial charge in [0.1, 0.15) is 29.5 Å². The largest absolute Gasteiger partial charge is 0.469 e. The van der Waals surface area contributed by atoms with E-state index in [1.54, 1.807) is 22.2 Å². The predicted molar refractivity (Wildman–Crippen MR) is 238 cm³/mol. The van der Waals surface area contributed by atoms with Crippen molar-refractivity contribution in [1.29, 1.82) is 0 Å². The molecule has 1 unspecified atom stereocenters. The summed E-state index contributed by atoms with van der Waals surface area (Å²) in [6.07, 6.45) is 5.07. The Hall–Kier alpha value is -6.03. The Bertz CT molecular complexity index is 2540. The highest BCUT2D eigenvalue weighted by Crippen LogP contribution is 2.50. The quantitative estimate of drug-likeness (QED) is 0.101. The minimum atomic E-state index is -0.721. The molecule has 3 aliphatic rings. The molecule has 4 N–H and O–H groups in total. The molecule has 4 amide bonds. The molecule has 5 aromatic rings. The van der Waals surface area contributed by atoms with Crippen LogP contribution in [0.5, 0.6) is 5.75 Å². The summed E-state index contributed by atoms with van der Waals surface area (Å²) in [4.78, 5) is 71.7. The predicted octanol–water partition coefficient (Wildman–Crippen LogP) is 8.38. The first-order valence-electron chi connectivity index (χ1n) is 21.8. The van der Waals surface area contributed by atoms with E-state index in [9.17, 15) is 19.2 Å². The summed E-state index contributed by atoms with van der Waals surface area (Å²) in [5.41, 5.74) is 6.01. The second-order valence-electron chi connectivity index (χ2n) is 17.7. The summed E-state index contributed by atoms with van der Waals surface area (Å²) in [6.45, 7) is 12.9. The Balaban J connectivity index is 1.06. The van der Waals surface area contributed by atoms with Gasteiger partial charge in [0.25, 0.3) is 0 Å². The smallest absolute Gasteiger partial charge is 0.407 e. The van der Waals surface area contributed by atoms with E-state index in [0.717, 1.165) is 70.4 Å². The van der Waals surface area contributed by atoms with E-state index >= 15 is 0 Å². The number of hydrogen-bond acceptors (Lipinski definition) is 9. The molecule has 6 heterocycles. The number of halogens is 1.